The molecule has 1 aliphatic rings. The Kier molecular flexibility index (Phi) is 6.18. The largest absolute Gasteiger partial charge is 0.352 e. The molecule has 0 spiro atoms. The predicted octanol–water partition coefficient (Wildman–Crippen LogP) is 1.24. The van der Waals surface area contributed by atoms with Gasteiger partial charge in [0.05, 0.1) is 0 Å². The second-order valence-electron chi connectivity index (χ2n) is 6.33. The van der Waals surface area contributed by atoms with Gasteiger partial charge in [0.2, 0.25) is 5.91 Å². The lowest BCUT2D eigenvalue weighted by molar-refractivity contribution is -0.121. The van der Waals surface area contributed by atoms with E-state index in [9.17, 15) is 13.2 Å². The van der Waals surface area contributed by atoms with Gasteiger partial charge in [-0.1, -0.05) is 30.3 Å². The maximum Gasteiger partial charge on any atom is 0.238 e. The van der Waals surface area contributed by atoms with Crippen LogP contribution in [0.3, 0.4) is 0 Å². The van der Waals surface area contributed by atoms with E-state index in [4.69, 9.17) is 0 Å². The van der Waals surface area contributed by atoms with E-state index < -0.39 is 15.1 Å². The molecule has 128 valence electrons. The highest BCUT2D eigenvalue weighted by Crippen LogP contribution is 2.12. The highest BCUT2D eigenvalue weighted by atomic mass is 32.2. The Balaban J connectivity index is 1.73. The monoisotopic (exact) mass is 338 g/mol. The van der Waals surface area contributed by atoms with Gasteiger partial charge in [0.15, 0.2) is 9.84 Å². The van der Waals surface area contributed by atoms with Gasteiger partial charge >= 0.3 is 0 Å². The number of sulfone groups is 1. The fourth-order valence-electron chi connectivity index (χ4n) is 2.75. The van der Waals surface area contributed by atoms with Crippen LogP contribution in [-0.4, -0.2) is 56.4 Å². The number of carbonyl (C=O) groups is 1. The molecule has 1 aliphatic heterocycles. The zero-order valence-electron chi connectivity index (χ0n) is 13.9. The second-order valence-corrected chi connectivity index (χ2v) is 8.70. The Morgan fingerprint density at radius 1 is 1.26 bits per heavy atom. The van der Waals surface area contributed by atoms with Gasteiger partial charge in [-0.05, 0) is 31.7 Å². The third-order valence-electron chi connectivity index (χ3n) is 4.50. The van der Waals surface area contributed by atoms with E-state index in [1.54, 1.807) is 0 Å². The number of piperidine rings is 1. The molecule has 1 aromatic carbocycles. The molecular formula is C17H26N2O3S. The molecule has 1 N–H and O–H groups in total. The van der Waals surface area contributed by atoms with E-state index in [0.717, 1.165) is 45.2 Å². The summed E-state index contributed by atoms with van der Waals surface area (Å²) < 4.78 is 22.8. The SMILES string of the molecule is C[C@H](C(=O)NC1CCN(CCc2ccccc2)CC1)S(C)(=O)=O. The first-order chi connectivity index (χ1) is 10.9. The zero-order valence-corrected chi connectivity index (χ0v) is 14.7. The van der Waals surface area contributed by atoms with Gasteiger partial charge in [-0.3, -0.25) is 4.79 Å². The highest BCUT2D eigenvalue weighted by Gasteiger charge is 2.27. The van der Waals surface area contributed by atoms with Gasteiger partial charge in [0, 0.05) is 31.9 Å². The summed E-state index contributed by atoms with van der Waals surface area (Å²) in [6.45, 7) is 4.33. The molecule has 0 saturated carbocycles. The Morgan fingerprint density at radius 2 is 1.87 bits per heavy atom. The average Bonchev–Trinajstić information content (AvgIpc) is 2.53. The Morgan fingerprint density at radius 3 is 2.43 bits per heavy atom. The lowest BCUT2D eigenvalue weighted by Crippen LogP contribution is -2.48. The first kappa shape index (κ1) is 17.9. The van der Waals surface area contributed by atoms with Gasteiger partial charge in [-0.2, -0.15) is 0 Å². The van der Waals surface area contributed by atoms with Crippen LogP contribution in [0.4, 0.5) is 0 Å². The summed E-state index contributed by atoms with van der Waals surface area (Å²) >= 11 is 0. The summed E-state index contributed by atoms with van der Waals surface area (Å²) in [5.74, 6) is -0.379. The van der Waals surface area contributed by atoms with Crippen molar-refractivity contribution in [2.45, 2.75) is 37.5 Å². The zero-order chi connectivity index (χ0) is 16.9. The Hall–Kier alpha value is -1.40. The molecule has 2 rings (SSSR count). The molecule has 0 unspecified atom stereocenters. The lowest BCUT2D eigenvalue weighted by Gasteiger charge is -2.32. The minimum Gasteiger partial charge on any atom is -0.352 e. The van der Waals surface area contributed by atoms with Crippen molar-refractivity contribution in [3.05, 3.63) is 35.9 Å². The molecule has 1 fully saturated rings. The summed E-state index contributed by atoms with van der Waals surface area (Å²) in [7, 11) is -3.33. The van der Waals surface area contributed by atoms with E-state index in [0.29, 0.717) is 0 Å². The van der Waals surface area contributed by atoms with E-state index in [1.165, 1.54) is 12.5 Å². The molecule has 6 heteroatoms. The van der Waals surface area contributed by atoms with Crippen molar-refractivity contribution in [1.29, 1.82) is 0 Å². The van der Waals surface area contributed by atoms with Crippen LogP contribution >= 0.6 is 0 Å². The Labute approximate surface area is 139 Å². The molecule has 1 atom stereocenters. The van der Waals surface area contributed by atoms with Crippen molar-refractivity contribution < 1.29 is 13.2 Å². The molecule has 1 heterocycles. The molecule has 1 amide bonds. The molecule has 23 heavy (non-hydrogen) atoms. The number of hydrogen-bond acceptors (Lipinski definition) is 4. The predicted molar refractivity (Wildman–Crippen MR) is 92.1 cm³/mol. The van der Waals surface area contributed by atoms with Crippen molar-refractivity contribution in [3.63, 3.8) is 0 Å². The molecule has 0 bridgehead atoms. The van der Waals surface area contributed by atoms with Crippen LogP contribution in [0, 0.1) is 0 Å². The first-order valence-electron chi connectivity index (χ1n) is 8.12. The fraction of sp³-hybridized carbons (Fsp3) is 0.588. The standard InChI is InChI=1S/C17H26N2O3S/c1-14(23(2,21)22)17(20)18-16-9-12-19(13-10-16)11-8-15-6-4-3-5-7-15/h3-7,14,16H,8-13H2,1-2H3,(H,18,20)/t14-/m1/s1. The van der Waals surface area contributed by atoms with E-state index >= 15 is 0 Å². The topological polar surface area (TPSA) is 66.5 Å². The summed E-state index contributed by atoms with van der Waals surface area (Å²) in [5, 5.41) is 1.90. The van der Waals surface area contributed by atoms with Crippen LogP contribution in [0.5, 0.6) is 0 Å². The third-order valence-corrected chi connectivity index (χ3v) is 6.00. The molecule has 1 aromatic rings. The molecule has 5 nitrogen and oxygen atoms in total. The van der Waals surface area contributed by atoms with Crippen LogP contribution in [0.1, 0.15) is 25.3 Å². The minimum absolute atomic E-state index is 0.0830. The summed E-state index contributed by atoms with van der Waals surface area (Å²) in [4.78, 5) is 14.3. The maximum atomic E-state index is 11.9. The molecule has 0 aliphatic carbocycles. The fourth-order valence-corrected chi connectivity index (χ4v) is 3.20. The third kappa shape index (κ3) is 5.62. The van der Waals surface area contributed by atoms with Crippen molar-refractivity contribution in [2.75, 3.05) is 25.9 Å². The van der Waals surface area contributed by atoms with Gasteiger partial charge in [-0.15, -0.1) is 0 Å². The van der Waals surface area contributed by atoms with Crippen molar-refractivity contribution >= 4 is 15.7 Å². The molecule has 1 saturated heterocycles. The summed E-state index contributed by atoms with van der Waals surface area (Å²) in [6.07, 6.45) is 3.88. The molecule has 0 radical (unpaired) electrons. The number of hydrogen-bond donors (Lipinski definition) is 1. The van der Waals surface area contributed by atoms with E-state index in [-0.39, 0.29) is 11.9 Å². The van der Waals surface area contributed by atoms with E-state index in [2.05, 4.69) is 34.5 Å². The van der Waals surface area contributed by atoms with Crippen molar-refractivity contribution in [2.24, 2.45) is 0 Å². The van der Waals surface area contributed by atoms with Gasteiger partial charge < -0.3 is 10.2 Å². The van der Waals surface area contributed by atoms with Crippen LogP contribution in [-0.2, 0) is 21.1 Å². The summed E-state index contributed by atoms with van der Waals surface area (Å²) in [5.41, 5.74) is 1.34. The van der Waals surface area contributed by atoms with Crippen molar-refractivity contribution in [1.82, 2.24) is 10.2 Å². The number of amides is 1. The highest BCUT2D eigenvalue weighted by molar-refractivity contribution is 7.92. The minimum atomic E-state index is -3.33. The van der Waals surface area contributed by atoms with Gasteiger partial charge in [-0.25, -0.2) is 8.42 Å². The summed E-state index contributed by atoms with van der Waals surface area (Å²) in [6, 6.07) is 10.5. The van der Waals surface area contributed by atoms with Crippen LogP contribution in [0.2, 0.25) is 0 Å². The molecular weight excluding hydrogens is 312 g/mol. The number of carbonyl (C=O) groups excluding carboxylic acids is 1. The van der Waals surface area contributed by atoms with Crippen LogP contribution < -0.4 is 5.32 Å². The molecule has 0 aromatic heterocycles. The first-order valence-corrected chi connectivity index (χ1v) is 10.1. The maximum absolute atomic E-state index is 11.9. The van der Waals surface area contributed by atoms with Gasteiger partial charge in [0.25, 0.3) is 0 Å². The quantitative estimate of drug-likeness (QED) is 0.847. The Bertz CT molecular complexity index is 608. The normalized spacial score (nSPS) is 18.5. The lowest BCUT2D eigenvalue weighted by atomic mass is 10.0. The average molecular weight is 338 g/mol. The smallest absolute Gasteiger partial charge is 0.238 e. The number of rotatable bonds is 6. The number of benzene rings is 1. The van der Waals surface area contributed by atoms with Crippen LogP contribution in [0.15, 0.2) is 30.3 Å². The van der Waals surface area contributed by atoms with E-state index in [1.807, 2.05) is 6.07 Å². The number of likely N-dealkylation sites (tertiary alicyclic amines) is 1. The van der Waals surface area contributed by atoms with Gasteiger partial charge in [0.1, 0.15) is 5.25 Å². The number of nitrogens with zero attached hydrogens (tertiary/aromatic N) is 1. The van der Waals surface area contributed by atoms with Crippen LogP contribution in [0.25, 0.3) is 0 Å². The van der Waals surface area contributed by atoms with Crippen molar-refractivity contribution in [3.8, 4) is 0 Å². The second kappa shape index (κ2) is 7.93. The number of nitrogens with one attached hydrogen (secondary N) is 1.